The van der Waals surface area contributed by atoms with Crippen molar-refractivity contribution in [2.24, 2.45) is 17.6 Å². The van der Waals surface area contributed by atoms with Crippen molar-refractivity contribution in [2.45, 2.75) is 62.8 Å². The number of nitrogens with two attached hydrogens (primary N) is 1. The molecule has 2 aliphatic carbocycles. The molecule has 5 heteroatoms. The van der Waals surface area contributed by atoms with Gasteiger partial charge in [-0.15, -0.1) is 0 Å². The van der Waals surface area contributed by atoms with Gasteiger partial charge in [0.2, 0.25) is 0 Å². The molecular formula is C12H20F3NO. The van der Waals surface area contributed by atoms with E-state index in [-0.39, 0.29) is 5.54 Å². The van der Waals surface area contributed by atoms with Crippen molar-refractivity contribution in [1.29, 1.82) is 0 Å². The molecule has 0 amide bonds. The highest BCUT2D eigenvalue weighted by Crippen LogP contribution is 2.44. The van der Waals surface area contributed by atoms with Gasteiger partial charge in [0.15, 0.2) is 6.10 Å². The van der Waals surface area contributed by atoms with Gasteiger partial charge in [-0.25, -0.2) is 0 Å². The molecule has 0 aromatic rings. The Balaban J connectivity index is 1.77. The molecule has 0 aliphatic heterocycles. The van der Waals surface area contributed by atoms with Crippen LogP contribution >= 0.6 is 0 Å². The highest BCUT2D eigenvalue weighted by molar-refractivity contribution is 5.00. The zero-order chi connectivity index (χ0) is 12.7. The van der Waals surface area contributed by atoms with Crippen molar-refractivity contribution in [1.82, 2.24) is 0 Å². The average Bonchev–Trinajstić information content (AvgIpc) is 2.95. The summed E-state index contributed by atoms with van der Waals surface area (Å²) in [5, 5.41) is 9.19. The van der Waals surface area contributed by atoms with E-state index in [2.05, 4.69) is 0 Å². The third-order valence-electron chi connectivity index (χ3n) is 4.26. The zero-order valence-corrected chi connectivity index (χ0v) is 9.84. The number of hydrogen-bond acceptors (Lipinski definition) is 2. The third-order valence-corrected chi connectivity index (χ3v) is 4.26. The van der Waals surface area contributed by atoms with Crippen molar-refractivity contribution in [3.05, 3.63) is 0 Å². The van der Waals surface area contributed by atoms with Crippen LogP contribution in [-0.2, 0) is 0 Å². The standard InChI is InChI=1S/C12H20F3NO/c13-12(14,15)10(17)9-3-1-8(2-4-9)7-11(16)5-6-11/h8-10,17H,1-7,16H2. The second kappa shape index (κ2) is 4.43. The number of hydrogen-bond donors (Lipinski definition) is 2. The summed E-state index contributed by atoms with van der Waals surface area (Å²) in [6.07, 6.45) is -1.06. The predicted molar refractivity (Wildman–Crippen MR) is 58.3 cm³/mol. The van der Waals surface area contributed by atoms with Gasteiger partial charge in [0.25, 0.3) is 0 Å². The molecule has 2 aliphatic rings. The van der Waals surface area contributed by atoms with Gasteiger partial charge in [-0.05, 0) is 43.9 Å². The Morgan fingerprint density at radius 2 is 1.71 bits per heavy atom. The van der Waals surface area contributed by atoms with Crippen LogP contribution in [0.1, 0.15) is 44.9 Å². The maximum Gasteiger partial charge on any atom is 0.414 e. The molecule has 0 saturated heterocycles. The molecule has 100 valence electrons. The molecule has 0 aromatic carbocycles. The molecule has 2 fully saturated rings. The van der Waals surface area contributed by atoms with E-state index in [4.69, 9.17) is 5.73 Å². The Kier molecular flexibility index (Phi) is 3.42. The summed E-state index contributed by atoms with van der Waals surface area (Å²) in [6, 6.07) is 0. The van der Waals surface area contributed by atoms with Crippen LogP contribution in [0.4, 0.5) is 13.2 Å². The van der Waals surface area contributed by atoms with Crippen molar-refractivity contribution in [3.63, 3.8) is 0 Å². The van der Waals surface area contributed by atoms with Crippen LogP contribution in [0, 0.1) is 11.8 Å². The fourth-order valence-corrected chi connectivity index (χ4v) is 2.91. The average molecular weight is 251 g/mol. The fraction of sp³-hybridized carbons (Fsp3) is 1.00. The molecule has 2 saturated carbocycles. The highest BCUT2D eigenvalue weighted by Gasteiger charge is 2.45. The van der Waals surface area contributed by atoms with Gasteiger partial charge in [-0.3, -0.25) is 0 Å². The lowest BCUT2D eigenvalue weighted by molar-refractivity contribution is -0.222. The number of rotatable bonds is 3. The quantitative estimate of drug-likeness (QED) is 0.810. The van der Waals surface area contributed by atoms with E-state index in [1.165, 1.54) is 0 Å². The summed E-state index contributed by atoms with van der Waals surface area (Å²) in [5.74, 6) is -0.154. The molecule has 0 bridgehead atoms. The predicted octanol–water partition coefficient (Wildman–Crippen LogP) is 2.60. The van der Waals surface area contributed by atoms with E-state index >= 15 is 0 Å². The summed E-state index contributed by atoms with van der Waals surface area (Å²) in [4.78, 5) is 0. The van der Waals surface area contributed by atoms with Gasteiger partial charge in [-0.2, -0.15) is 13.2 Å². The van der Waals surface area contributed by atoms with Gasteiger partial charge < -0.3 is 10.8 Å². The number of aliphatic hydroxyl groups is 1. The summed E-state index contributed by atoms with van der Waals surface area (Å²) < 4.78 is 37.0. The smallest absolute Gasteiger partial charge is 0.383 e. The summed E-state index contributed by atoms with van der Waals surface area (Å²) in [7, 11) is 0. The molecule has 17 heavy (non-hydrogen) atoms. The third kappa shape index (κ3) is 3.35. The van der Waals surface area contributed by atoms with Gasteiger partial charge >= 0.3 is 6.18 Å². The van der Waals surface area contributed by atoms with E-state index in [1.54, 1.807) is 0 Å². The fourth-order valence-electron chi connectivity index (χ4n) is 2.91. The van der Waals surface area contributed by atoms with E-state index in [9.17, 15) is 18.3 Å². The lowest BCUT2D eigenvalue weighted by Gasteiger charge is -2.33. The first-order valence-corrected chi connectivity index (χ1v) is 6.34. The lowest BCUT2D eigenvalue weighted by atomic mass is 9.76. The van der Waals surface area contributed by atoms with Crippen molar-refractivity contribution in [3.8, 4) is 0 Å². The van der Waals surface area contributed by atoms with Gasteiger partial charge in [0.05, 0.1) is 0 Å². The van der Waals surface area contributed by atoms with Crippen LogP contribution in [0.2, 0.25) is 0 Å². The maximum absolute atomic E-state index is 12.3. The van der Waals surface area contributed by atoms with Crippen LogP contribution < -0.4 is 5.73 Å². The van der Waals surface area contributed by atoms with Crippen molar-refractivity contribution < 1.29 is 18.3 Å². The maximum atomic E-state index is 12.3. The first kappa shape index (κ1) is 13.1. The Morgan fingerprint density at radius 1 is 1.18 bits per heavy atom. The van der Waals surface area contributed by atoms with Crippen LogP contribution in [-0.4, -0.2) is 22.9 Å². The Hall–Kier alpha value is -0.290. The lowest BCUT2D eigenvalue weighted by Crippen LogP contribution is -2.38. The van der Waals surface area contributed by atoms with E-state index in [0.29, 0.717) is 18.8 Å². The SMILES string of the molecule is NC1(CC2CCC(C(O)C(F)(F)F)CC2)CC1. The molecule has 1 unspecified atom stereocenters. The van der Waals surface area contributed by atoms with Gasteiger partial charge in [0, 0.05) is 5.54 Å². The minimum Gasteiger partial charge on any atom is -0.383 e. The van der Waals surface area contributed by atoms with Crippen LogP contribution in [0.5, 0.6) is 0 Å². The molecular weight excluding hydrogens is 231 g/mol. The Labute approximate surface area is 99.4 Å². The van der Waals surface area contributed by atoms with Crippen LogP contribution in [0.3, 0.4) is 0 Å². The van der Waals surface area contributed by atoms with Gasteiger partial charge in [-0.1, -0.05) is 12.8 Å². The molecule has 0 radical (unpaired) electrons. The minimum absolute atomic E-state index is 0.0137. The monoisotopic (exact) mass is 251 g/mol. The first-order valence-electron chi connectivity index (χ1n) is 6.34. The summed E-state index contributed by atoms with van der Waals surface area (Å²) in [5.41, 5.74) is 6.00. The molecule has 1 atom stereocenters. The number of alkyl halides is 3. The molecule has 2 nitrogen and oxygen atoms in total. The molecule has 2 rings (SSSR count). The number of halogens is 3. The zero-order valence-electron chi connectivity index (χ0n) is 9.84. The molecule has 3 N–H and O–H groups in total. The van der Waals surface area contributed by atoms with Crippen molar-refractivity contribution in [2.75, 3.05) is 0 Å². The number of aliphatic hydroxyl groups excluding tert-OH is 1. The normalized spacial score (nSPS) is 34.4. The molecule has 0 spiro atoms. The first-order chi connectivity index (χ1) is 7.80. The van der Waals surface area contributed by atoms with Gasteiger partial charge in [0.1, 0.15) is 0 Å². The molecule has 0 aromatic heterocycles. The summed E-state index contributed by atoms with van der Waals surface area (Å²) >= 11 is 0. The second-order valence-electron chi connectivity index (χ2n) is 5.83. The Bertz CT molecular complexity index is 267. The largest absolute Gasteiger partial charge is 0.414 e. The Morgan fingerprint density at radius 3 is 2.12 bits per heavy atom. The van der Waals surface area contributed by atoms with E-state index in [0.717, 1.165) is 32.1 Å². The van der Waals surface area contributed by atoms with Crippen LogP contribution in [0.25, 0.3) is 0 Å². The highest BCUT2D eigenvalue weighted by atomic mass is 19.4. The van der Waals surface area contributed by atoms with Crippen molar-refractivity contribution >= 4 is 0 Å². The van der Waals surface area contributed by atoms with E-state index in [1.807, 2.05) is 0 Å². The molecule has 0 heterocycles. The van der Waals surface area contributed by atoms with Crippen LogP contribution in [0.15, 0.2) is 0 Å². The minimum atomic E-state index is -4.47. The summed E-state index contributed by atoms with van der Waals surface area (Å²) in [6.45, 7) is 0. The van der Waals surface area contributed by atoms with E-state index < -0.39 is 18.2 Å². The topological polar surface area (TPSA) is 46.2 Å². The second-order valence-corrected chi connectivity index (χ2v) is 5.83.